The molecule has 1 unspecified atom stereocenters. The average Bonchev–Trinajstić information content (AvgIpc) is 2.56. The lowest BCUT2D eigenvalue weighted by molar-refractivity contribution is 0.307. The van der Waals surface area contributed by atoms with E-state index >= 15 is 0 Å². The van der Waals surface area contributed by atoms with E-state index in [2.05, 4.69) is 22.1 Å². The molecule has 1 aliphatic rings. The van der Waals surface area contributed by atoms with E-state index in [4.69, 9.17) is 5.73 Å². The highest BCUT2D eigenvalue weighted by Crippen LogP contribution is 2.18. The van der Waals surface area contributed by atoms with Gasteiger partial charge in [0.15, 0.2) is 0 Å². The van der Waals surface area contributed by atoms with Crippen molar-refractivity contribution in [1.82, 2.24) is 15.1 Å². The Morgan fingerprint density at radius 3 is 2.93 bits per heavy atom. The normalized spacial score (nSPS) is 22.8. The standard InChI is InChI=1S/C10H16N4/c1-14-6-2-3-9(14)7-8-4-5-10(11)13-12-8/h4-5,9H,2-3,6-7H2,1H3,(H2,11,13). The van der Waals surface area contributed by atoms with E-state index in [1.54, 1.807) is 0 Å². The van der Waals surface area contributed by atoms with Gasteiger partial charge in [-0.2, -0.15) is 5.10 Å². The number of likely N-dealkylation sites (N-methyl/N-ethyl adjacent to an activating group) is 1. The van der Waals surface area contributed by atoms with Crippen LogP contribution in [0.5, 0.6) is 0 Å². The lowest BCUT2D eigenvalue weighted by atomic mass is 10.1. The van der Waals surface area contributed by atoms with Crippen LogP contribution in [0.4, 0.5) is 5.82 Å². The maximum atomic E-state index is 5.48. The van der Waals surface area contributed by atoms with Gasteiger partial charge in [0.2, 0.25) is 0 Å². The molecule has 0 spiro atoms. The van der Waals surface area contributed by atoms with Crippen molar-refractivity contribution in [1.29, 1.82) is 0 Å². The number of anilines is 1. The van der Waals surface area contributed by atoms with Crippen molar-refractivity contribution >= 4 is 5.82 Å². The first kappa shape index (κ1) is 9.40. The third kappa shape index (κ3) is 2.01. The van der Waals surface area contributed by atoms with E-state index in [0.717, 1.165) is 12.1 Å². The summed E-state index contributed by atoms with van der Waals surface area (Å²) in [5, 5.41) is 7.93. The molecule has 14 heavy (non-hydrogen) atoms. The van der Waals surface area contributed by atoms with Gasteiger partial charge in [0.1, 0.15) is 5.82 Å². The molecule has 1 aromatic heterocycles. The maximum absolute atomic E-state index is 5.48. The summed E-state index contributed by atoms with van der Waals surface area (Å²) in [5.74, 6) is 0.494. The van der Waals surface area contributed by atoms with Crippen LogP contribution in [-0.4, -0.2) is 34.7 Å². The van der Waals surface area contributed by atoms with Crippen LogP contribution in [0.25, 0.3) is 0 Å². The highest BCUT2D eigenvalue weighted by Gasteiger charge is 2.21. The summed E-state index contributed by atoms with van der Waals surface area (Å²) in [7, 11) is 2.17. The van der Waals surface area contributed by atoms with Gasteiger partial charge < -0.3 is 10.6 Å². The molecule has 0 amide bonds. The topological polar surface area (TPSA) is 55.0 Å². The SMILES string of the molecule is CN1CCCC1Cc1ccc(N)nn1. The van der Waals surface area contributed by atoms with Gasteiger partial charge in [0, 0.05) is 12.5 Å². The molecule has 0 aliphatic carbocycles. The van der Waals surface area contributed by atoms with Crippen molar-refractivity contribution in [3.63, 3.8) is 0 Å². The second-order valence-electron chi connectivity index (χ2n) is 3.93. The van der Waals surface area contributed by atoms with Crippen molar-refractivity contribution in [2.45, 2.75) is 25.3 Å². The number of nitrogens with two attached hydrogens (primary N) is 1. The van der Waals surface area contributed by atoms with Crippen molar-refractivity contribution < 1.29 is 0 Å². The zero-order valence-electron chi connectivity index (χ0n) is 8.48. The summed E-state index contributed by atoms with van der Waals surface area (Å²) < 4.78 is 0. The number of hydrogen-bond donors (Lipinski definition) is 1. The Labute approximate surface area is 84.1 Å². The Bertz CT molecular complexity index is 295. The largest absolute Gasteiger partial charge is 0.382 e. The number of hydrogen-bond acceptors (Lipinski definition) is 4. The summed E-state index contributed by atoms with van der Waals surface area (Å²) in [5.41, 5.74) is 6.52. The van der Waals surface area contributed by atoms with Crippen LogP contribution in [0.2, 0.25) is 0 Å². The Morgan fingerprint density at radius 1 is 1.50 bits per heavy atom. The Morgan fingerprint density at radius 2 is 2.36 bits per heavy atom. The van der Waals surface area contributed by atoms with Crippen molar-refractivity contribution in [3.8, 4) is 0 Å². The van der Waals surface area contributed by atoms with Gasteiger partial charge >= 0.3 is 0 Å². The van der Waals surface area contributed by atoms with E-state index in [9.17, 15) is 0 Å². The summed E-state index contributed by atoms with van der Waals surface area (Å²) in [6.45, 7) is 1.20. The number of nitrogens with zero attached hydrogens (tertiary/aromatic N) is 3. The Kier molecular flexibility index (Phi) is 2.63. The maximum Gasteiger partial charge on any atom is 0.146 e. The van der Waals surface area contributed by atoms with Crippen LogP contribution in [0.15, 0.2) is 12.1 Å². The summed E-state index contributed by atoms with van der Waals surface area (Å²) >= 11 is 0. The number of likely N-dealkylation sites (tertiary alicyclic amines) is 1. The van der Waals surface area contributed by atoms with Gasteiger partial charge in [0.25, 0.3) is 0 Å². The van der Waals surface area contributed by atoms with Crippen LogP contribution in [0.1, 0.15) is 18.5 Å². The van der Waals surface area contributed by atoms with Crippen molar-refractivity contribution in [2.24, 2.45) is 0 Å². The Balaban J connectivity index is 2.00. The van der Waals surface area contributed by atoms with Crippen LogP contribution in [0.3, 0.4) is 0 Å². The lowest BCUT2D eigenvalue weighted by Gasteiger charge is -2.18. The van der Waals surface area contributed by atoms with Gasteiger partial charge in [0.05, 0.1) is 5.69 Å². The van der Waals surface area contributed by atoms with Crippen LogP contribution in [0, 0.1) is 0 Å². The highest BCUT2D eigenvalue weighted by molar-refractivity contribution is 5.25. The Hall–Kier alpha value is -1.16. The molecule has 0 aromatic carbocycles. The van der Waals surface area contributed by atoms with Crippen LogP contribution < -0.4 is 5.73 Å². The first-order valence-corrected chi connectivity index (χ1v) is 5.04. The summed E-state index contributed by atoms with van der Waals surface area (Å²) in [4.78, 5) is 2.39. The minimum atomic E-state index is 0.494. The molecule has 2 rings (SSSR count). The van der Waals surface area contributed by atoms with Gasteiger partial charge in [-0.15, -0.1) is 5.10 Å². The van der Waals surface area contributed by atoms with Gasteiger partial charge in [-0.25, -0.2) is 0 Å². The third-order valence-electron chi connectivity index (χ3n) is 2.86. The predicted molar refractivity (Wildman–Crippen MR) is 55.8 cm³/mol. The van der Waals surface area contributed by atoms with E-state index in [1.807, 2.05) is 12.1 Å². The minimum Gasteiger partial charge on any atom is -0.382 e. The van der Waals surface area contributed by atoms with Gasteiger partial charge in [-0.3, -0.25) is 0 Å². The fourth-order valence-corrected chi connectivity index (χ4v) is 1.96. The first-order chi connectivity index (χ1) is 6.75. The van der Waals surface area contributed by atoms with E-state index in [1.165, 1.54) is 19.4 Å². The number of nitrogen functional groups attached to an aromatic ring is 1. The molecule has 2 heterocycles. The van der Waals surface area contributed by atoms with E-state index in [-0.39, 0.29) is 0 Å². The monoisotopic (exact) mass is 192 g/mol. The molecule has 0 saturated carbocycles. The molecule has 76 valence electrons. The molecule has 4 nitrogen and oxygen atoms in total. The molecule has 0 bridgehead atoms. The second kappa shape index (κ2) is 3.92. The molecular weight excluding hydrogens is 176 g/mol. The molecule has 0 radical (unpaired) electrons. The predicted octanol–water partition coefficient (Wildman–Crippen LogP) is 0.695. The third-order valence-corrected chi connectivity index (χ3v) is 2.86. The average molecular weight is 192 g/mol. The molecule has 2 N–H and O–H groups in total. The molecular formula is C10H16N4. The summed E-state index contributed by atoms with van der Waals surface area (Å²) in [6.07, 6.45) is 3.55. The smallest absolute Gasteiger partial charge is 0.146 e. The molecule has 1 atom stereocenters. The highest BCUT2D eigenvalue weighted by atomic mass is 15.2. The van der Waals surface area contributed by atoms with Crippen molar-refractivity contribution in [3.05, 3.63) is 17.8 Å². The van der Waals surface area contributed by atoms with Crippen LogP contribution in [-0.2, 0) is 6.42 Å². The van der Waals surface area contributed by atoms with E-state index in [0.29, 0.717) is 11.9 Å². The zero-order chi connectivity index (χ0) is 9.97. The molecule has 4 heteroatoms. The lowest BCUT2D eigenvalue weighted by Crippen LogP contribution is -2.27. The van der Waals surface area contributed by atoms with E-state index < -0.39 is 0 Å². The number of rotatable bonds is 2. The summed E-state index contributed by atoms with van der Waals surface area (Å²) in [6, 6.07) is 4.42. The second-order valence-corrected chi connectivity index (χ2v) is 3.93. The van der Waals surface area contributed by atoms with Crippen LogP contribution >= 0.6 is 0 Å². The molecule has 1 aliphatic heterocycles. The van der Waals surface area contributed by atoms with Gasteiger partial charge in [-0.05, 0) is 38.6 Å². The quantitative estimate of drug-likeness (QED) is 0.749. The zero-order valence-corrected chi connectivity index (χ0v) is 8.48. The molecule has 1 aromatic rings. The molecule has 1 fully saturated rings. The van der Waals surface area contributed by atoms with Crippen molar-refractivity contribution in [2.75, 3.05) is 19.3 Å². The fraction of sp³-hybridized carbons (Fsp3) is 0.600. The first-order valence-electron chi connectivity index (χ1n) is 5.04. The van der Waals surface area contributed by atoms with Gasteiger partial charge in [-0.1, -0.05) is 0 Å². The fourth-order valence-electron chi connectivity index (χ4n) is 1.96. The molecule has 1 saturated heterocycles. The number of aromatic nitrogens is 2. The minimum absolute atomic E-state index is 0.494.